The van der Waals surface area contributed by atoms with Crippen molar-refractivity contribution < 1.29 is 24.2 Å². The number of rotatable bonds is 8. The molecule has 31 heavy (non-hydrogen) atoms. The lowest BCUT2D eigenvalue weighted by molar-refractivity contribution is -0.139. The van der Waals surface area contributed by atoms with Crippen LogP contribution in [0.15, 0.2) is 71.3 Å². The topological polar surface area (TPSA) is 116 Å². The number of nitrogens with one attached hydrogen (secondary N) is 2. The van der Waals surface area contributed by atoms with Crippen molar-refractivity contribution in [2.45, 2.75) is 19.0 Å². The molecular formula is C23H21ClN2O5. The molecule has 0 aliphatic carbocycles. The summed E-state index contributed by atoms with van der Waals surface area (Å²) in [6.07, 6.45) is 2.16. The molecule has 0 amide bonds. The quantitative estimate of drug-likeness (QED) is 0.324. The molecule has 4 rings (SSSR count). The van der Waals surface area contributed by atoms with E-state index in [0.29, 0.717) is 23.5 Å². The van der Waals surface area contributed by atoms with Crippen LogP contribution < -0.4 is 5.32 Å². The lowest BCUT2D eigenvalue weighted by Gasteiger charge is -2.13. The van der Waals surface area contributed by atoms with Gasteiger partial charge >= 0.3 is 11.9 Å². The standard InChI is InChI=1S/C23H20N2O5.ClH/c26-22(27)15-5-3-4-14(10-15)21-9-8-17(30-21)13-25-20(23(28)29)11-16-12-24-19-7-2-1-6-18(16)19;/h1-10,12,20,24-25H,11,13H2,(H,26,27)(H,28,29);1H. The van der Waals surface area contributed by atoms with Crippen LogP contribution in [-0.4, -0.2) is 33.2 Å². The monoisotopic (exact) mass is 440 g/mol. The molecule has 0 radical (unpaired) electrons. The molecule has 0 aliphatic heterocycles. The van der Waals surface area contributed by atoms with Crippen molar-refractivity contribution >= 4 is 35.2 Å². The van der Waals surface area contributed by atoms with E-state index in [4.69, 9.17) is 9.52 Å². The number of carbonyl (C=O) groups is 2. The molecule has 4 aromatic rings. The van der Waals surface area contributed by atoms with Gasteiger partial charge in [0.25, 0.3) is 0 Å². The van der Waals surface area contributed by atoms with Crippen LogP contribution in [-0.2, 0) is 17.8 Å². The number of para-hydroxylation sites is 1. The van der Waals surface area contributed by atoms with E-state index in [9.17, 15) is 14.7 Å². The number of carboxylic acids is 2. The van der Waals surface area contributed by atoms with E-state index in [0.717, 1.165) is 16.5 Å². The minimum absolute atomic E-state index is 0. The molecule has 0 aliphatic rings. The maximum atomic E-state index is 11.8. The number of hydrogen-bond donors (Lipinski definition) is 4. The average molecular weight is 441 g/mol. The molecule has 4 N–H and O–H groups in total. The van der Waals surface area contributed by atoms with Crippen LogP contribution in [0.4, 0.5) is 0 Å². The minimum atomic E-state index is -1.01. The summed E-state index contributed by atoms with van der Waals surface area (Å²) < 4.78 is 5.79. The maximum Gasteiger partial charge on any atom is 0.335 e. The second-order valence-corrected chi connectivity index (χ2v) is 6.99. The summed E-state index contributed by atoms with van der Waals surface area (Å²) in [4.78, 5) is 26.1. The predicted molar refractivity (Wildman–Crippen MR) is 119 cm³/mol. The van der Waals surface area contributed by atoms with Gasteiger partial charge in [0.15, 0.2) is 0 Å². The third kappa shape index (κ3) is 4.96. The third-order valence-electron chi connectivity index (χ3n) is 4.98. The van der Waals surface area contributed by atoms with Gasteiger partial charge in [0.05, 0.1) is 12.1 Å². The Hall–Kier alpha value is -3.55. The zero-order valence-electron chi connectivity index (χ0n) is 16.4. The molecule has 1 unspecified atom stereocenters. The van der Waals surface area contributed by atoms with Gasteiger partial charge in [-0.2, -0.15) is 0 Å². The number of hydrogen-bond acceptors (Lipinski definition) is 4. The highest BCUT2D eigenvalue weighted by molar-refractivity contribution is 5.89. The van der Waals surface area contributed by atoms with Gasteiger partial charge < -0.3 is 19.6 Å². The molecule has 0 spiro atoms. The lowest BCUT2D eigenvalue weighted by atomic mass is 10.0. The van der Waals surface area contributed by atoms with Crippen molar-refractivity contribution in [2.24, 2.45) is 0 Å². The molecule has 2 aromatic heterocycles. The molecule has 7 nitrogen and oxygen atoms in total. The zero-order valence-corrected chi connectivity index (χ0v) is 17.2. The molecule has 1 atom stereocenters. The fourth-order valence-electron chi connectivity index (χ4n) is 3.42. The summed E-state index contributed by atoms with van der Waals surface area (Å²) in [5, 5.41) is 22.8. The normalized spacial score (nSPS) is 11.7. The number of aromatic carboxylic acids is 1. The highest BCUT2D eigenvalue weighted by Gasteiger charge is 2.20. The Balaban J connectivity index is 0.00000272. The summed E-state index contributed by atoms with van der Waals surface area (Å²) >= 11 is 0. The van der Waals surface area contributed by atoms with Crippen molar-refractivity contribution in [2.75, 3.05) is 0 Å². The number of aromatic amines is 1. The first kappa shape index (κ1) is 22.1. The first-order valence-corrected chi connectivity index (χ1v) is 9.45. The van der Waals surface area contributed by atoms with Gasteiger partial charge in [0.2, 0.25) is 0 Å². The maximum absolute atomic E-state index is 11.8. The van der Waals surface area contributed by atoms with Crippen molar-refractivity contribution in [1.82, 2.24) is 10.3 Å². The Morgan fingerprint density at radius 2 is 1.84 bits per heavy atom. The van der Waals surface area contributed by atoms with E-state index >= 15 is 0 Å². The molecule has 0 saturated heterocycles. The van der Waals surface area contributed by atoms with Gasteiger partial charge in [-0.15, -0.1) is 12.4 Å². The first-order valence-electron chi connectivity index (χ1n) is 9.45. The smallest absolute Gasteiger partial charge is 0.335 e. The van der Waals surface area contributed by atoms with Crippen LogP contribution in [0.3, 0.4) is 0 Å². The van der Waals surface area contributed by atoms with Gasteiger partial charge in [-0.3, -0.25) is 10.1 Å². The number of halogens is 1. The van der Waals surface area contributed by atoms with Crippen LogP contribution in [0.25, 0.3) is 22.2 Å². The van der Waals surface area contributed by atoms with Crippen molar-refractivity contribution in [1.29, 1.82) is 0 Å². The summed E-state index contributed by atoms with van der Waals surface area (Å²) in [6.45, 7) is 0.234. The zero-order chi connectivity index (χ0) is 21.1. The van der Waals surface area contributed by atoms with E-state index in [1.807, 2.05) is 30.5 Å². The van der Waals surface area contributed by atoms with Gasteiger partial charge in [-0.25, -0.2) is 4.79 Å². The Bertz CT molecular complexity index is 1210. The van der Waals surface area contributed by atoms with E-state index in [-0.39, 0.29) is 24.5 Å². The van der Waals surface area contributed by atoms with E-state index in [1.54, 1.807) is 24.3 Å². The molecule has 0 bridgehead atoms. The fourth-order valence-corrected chi connectivity index (χ4v) is 3.42. The molecule has 8 heteroatoms. The minimum Gasteiger partial charge on any atom is -0.480 e. The molecule has 160 valence electrons. The Labute approximate surface area is 184 Å². The van der Waals surface area contributed by atoms with Gasteiger partial charge in [0, 0.05) is 29.1 Å². The third-order valence-corrected chi connectivity index (χ3v) is 4.98. The van der Waals surface area contributed by atoms with Crippen LogP contribution in [0.1, 0.15) is 21.7 Å². The highest BCUT2D eigenvalue weighted by atomic mass is 35.5. The van der Waals surface area contributed by atoms with Crippen LogP contribution in [0, 0.1) is 0 Å². The van der Waals surface area contributed by atoms with Crippen molar-refractivity contribution in [3.63, 3.8) is 0 Å². The summed E-state index contributed by atoms with van der Waals surface area (Å²) in [7, 11) is 0. The van der Waals surface area contributed by atoms with Crippen LogP contribution in [0.5, 0.6) is 0 Å². The summed E-state index contributed by atoms with van der Waals surface area (Å²) in [5.41, 5.74) is 2.72. The summed E-state index contributed by atoms with van der Waals surface area (Å²) in [6, 6.07) is 16.9. The van der Waals surface area contributed by atoms with Crippen LogP contribution in [0.2, 0.25) is 0 Å². The number of H-pyrrole nitrogens is 1. The molecule has 0 saturated carbocycles. The summed E-state index contributed by atoms with van der Waals surface area (Å²) in [5.74, 6) is -0.859. The van der Waals surface area contributed by atoms with Gasteiger partial charge in [0.1, 0.15) is 17.6 Å². The molecule has 2 heterocycles. The predicted octanol–water partition coefficient (Wildman–Crippen LogP) is 4.33. The fraction of sp³-hybridized carbons (Fsp3) is 0.130. The van der Waals surface area contributed by atoms with E-state index < -0.39 is 18.0 Å². The van der Waals surface area contributed by atoms with E-state index in [1.165, 1.54) is 12.1 Å². The number of aromatic nitrogens is 1. The van der Waals surface area contributed by atoms with Crippen LogP contribution >= 0.6 is 12.4 Å². The second kappa shape index (κ2) is 9.51. The average Bonchev–Trinajstić information content (AvgIpc) is 3.38. The largest absolute Gasteiger partial charge is 0.480 e. The number of carboxylic acid groups (broad SMARTS) is 2. The lowest BCUT2D eigenvalue weighted by Crippen LogP contribution is -2.37. The van der Waals surface area contributed by atoms with Crippen molar-refractivity contribution in [3.05, 3.63) is 83.7 Å². The number of furan rings is 1. The molecule has 0 fully saturated rings. The van der Waals surface area contributed by atoms with Gasteiger partial charge in [-0.05, 0) is 35.9 Å². The Morgan fingerprint density at radius 1 is 1.03 bits per heavy atom. The molecule has 2 aromatic carbocycles. The first-order chi connectivity index (χ1) is 14.5. The number of benzene rings is 2. The second-order valence-electron chi connectivity index (χ2n) is 6.99. The SMILES string of the molecule is Cl.O=C(O)c1cccc(-c2ccc(CNC(Cc3c[nH]c4ccccc34)C(=O)O)o2)c1. The van der Waals surface area contributed by atoms with E-state index in [2.05, 4.69) is 10.3 Å². The van der Waals surface area contributed by atoms with Crippen molar-refractivity contribution in [3.8, 4) is 11.3 Å². The Morgan fingerprint density at radius 3 is 2.61 bits per heavy atom. The number of aliphatic carboxylic acids is 1. The Kier molecular flexibility index (Phi) is 6.79. The van der Waals surface area contributed by atoms with Gasteiger partial charge in [-0.1, -0.05) is 30.3 Å². The highest BCUT2D eigenvalue weighted by Crippen LogP contribution is 2.24. The molecular weight excluding hydrogens is 420 g/mol. The number of fused-ring (bicyclic) bond motifs is 1.